The first-order chi connectivity index (χ1) is 17.3. The number of carbonyl (C=O) groups excluding carboxylic acids is 3. The van der Waals surface area contributed by atoms with Gasteiger partial charge in [0.05, 0.1) is 5.25 Å². The molecule has 1 aromatic heterocycles. The molecule has 0 fully saturated rings. The zero-order valence-corrected chi connectivity index (χ0v) is 24.4. The highest BCUT2D eigenvalue weighted by Gasteiger charge is 2.35. The molecular formula is C26H42N4O7S. The summed E-state index contributed by atoms with van der Waals surface area (Å²) in [6.45, 7) is 12.3. The summed E-state index contributed by atoms with van der Waals surface area (Å²) in [6, 6.07) is 2.90. The zero-order chi connectivity index (χ0) is 29.3. The molecule has 214 valence electrons. The van der Waals surface area contributed by atoms with Gasteiger partial charge in [-0.1, -0.05) is 26.0 Å². The number of nitrogens with zero attached hydrogens (tertiary/aromatic N) is 1. The summed E-state index contributed by atoms with van der Waals surface area (Å²) in [5, 5.41) is 7.06. The molecule has 1 heterocycles. The number of carbonyl (C=O) groups is 3. The lowest BCUT2D eigenvalue weighted by molar-refractivity contribution is -0.121. The first kappa shape index (κ1) is 32.9. The van der Waals surface area contributed by atoms with Crippen LogP contribution in [0, 0.1) is 5.92 Å². The molecule has 0 saturated heterocycles. The molecule has 38 heavy (non-hydrogen) atoms. The Kier molecular flexibility index (Phi) is 11.8. The van der Waals surface area contributed by atoms with Crippen molar-refractivity contribution in [1.82, 2.24) is 15.2 Å². The van der Waals surface area contributed by atoms with Crippen molar-refractivity contribution in [3.05, 3.63) is 40.8 Å². The second-order valence-corrected chi connectivity index (χ2v) is 13.4. The number of aromatic nitrogens is 1. The fraction of sp³-hybridized carbons (Fsp3) is 0.615. The highest BCUT2D eigenvalue weighted by molar-refractivity contribution is 7.91. The molecule has 0 radical (unpaired) electrons. The molecular weight excluding hydrogens is 512 g/mol. The van der Waals surface area contributed by atoms with Crippen LogP contribution in [0.5, 0.6) is 0 Å². The minimum atomic E-state index is -3.31. The molecule has 3 N–H and O–H groups in total. The van der Waals surface area contributed by atoms with Crippen molar-refractivity contribution in [3.63, 3.8) is 0 Å². The van der Waals surface area contributed by atoms with Crippen molar-refractivity contribution in [2.75, 3.05) is 18.1 Å². The molecule has 1 rings (SSSR count). The number of sulfone groups is 1. The first-order valence-corrected chi connectivity index (χ1v) is 14.4. The molecule has 12 heteroatoms. The van der Waals surface area contributed by atoms with Gasteiger partial charge in [0.25, 0.3) is 11.5 Å². The van der Waals surface area contributed by atoms with Crippen LogP contribution in [0.1, 0.15) is 61.3 Å². The maximum absolute atomic E-state index is 13.3. The number of allylic oxidation sites excluding steroid dienone is 1. The van der Waals surface area contributed by atoms with Crippen LogP contribution in [0.15, 0.2) is 35.3 Å². The molecule has 0 spiro atoms. The Hall–Kier alpha value is -3.15. The van der Waals surface area contributed by atoms with Gasteiger partial charge in [-0.3, -0.25) is 14.4 Å². The van der Waals surface area contributed by atoms with Gasteiger partial charge in [-0.15, -0.1) is 0 Å². The molecule has 11 nitrogen and oxygen atoms in total. The molecule has 1 aromatic rings. The predicted octanol–water partition coefficient (Wildman–Crippen LogP) is 2.61. The summed E-state index contributed by atoms with van der Waals surface area (Å²) in [4.78, 5) is 51.0. The number of ether oxygens (including phenoxy) is 1. The lowest BCUT2D eigenvalue weighted by atomic mass is 9.99. The SMILES string of the molecule is CC(C)CCNC(=O)Cn1cccc(NC(=O)C(C)(/C=C/CC(C)S(C)(=O)=O)NC(=O)OC(C)(C)C)c1=O. The fourth-order valence-electron chi connectivity index (χ4n) is 3.08. The van der Waals surface area contributed by atoms with E-state index in [2.05, 4.69) is 16.0 Å². The van der Waals surface area contributed by atoms with Gasteiger partial charge in [0.2, 0.25) is 5.91 Å². The van der Waals surface area contributed by atoms with E-state index in [-0.39, 0.29) is 24.6 Å². The second kappa shape index (κ2) is 13.6. The van der Waals surface area contributed by atoms with E-state index >= 15 is 0 Å². The second-order valence-electron chi connectivity index (χ2n) is 10.9. The quantitative estimate of drug-likeness (QED) is 0.336. The number of alkyl carbamates (subject to hydrolysis) is 1. The molecule has 0 aliphatic heterocycles. The van der Waals surface area contributed by atoms with E-state index in [0.717, 1.165) is 12.7 Å². The molecule has 2 atom stereocenters. The number of amides is 3. The molecule has 0 aliphatic carbocycles. The number of pyridine rings is 1. The summed E-state index contributed by atoms with van der Waals surface area (Å²) >= 11 is 0. The maximum Gasteiger partial charge on any atom is 0.408 e. The van der Waals surface area contributed by atoms with Crippen LogP contribution in [0.4, 0.5) is 10.5 Å². The van der Waals surface area contributed by atoms with Gasteiger partial charge in [0.15, 0.2) is 0 Å². The highest BCUT2D eigenvalue weighted by atomic mass is 32.2. The highest BCUT2D eigenvalue weighted by Crippen LogP contribution is 2.15. The maximum atomic E-state index is 13.3. The number of rotatable bonds is 12. The van der Waals surface area contributed by atoms with Crippen molar-refractivity contribution in [3.8, 4) is 0 Å². The van der Waals surface area contributed by atoms with E-state index in [9.17, 15) is 27.6 Å². The molecule has 3 amide bonds. The number of hydrogen-bond acceptors (Lipinski definition) is 7. The Morgan fingerprint density at radius 3 is 2.32 bits per heavy atom. The topological polar surface area (TPSA) is 153 Å². The largest absolute Gasteiger partial charge is 0.444 e. The smallest absolute Gasteiger partial charge is 0.408 e. The molecule has 0 bridgehead atoms. The Balaban J connectivity index is 3.16. The summed E-state index contributed by atoms with van der Waals surface area (Å²) in [5.74, 6) is -0.678. The number of anilines is 1. The average Bonchev–Trinajstić information content (AvgIpc) is 2.74. The Labute approximate surface area is 225 Å². The van der Waals surface area contributed by atoms with Crippen LogP contribution in [0.2, 0.25) is 0 Å². The van der Waals surface area contributed by atoms with Gasteiger partial charge in [-0.05, 0) is 65.5 Å². The van der Waals surface area contributed by atoms with Crippen molar-refractivity contribution in [2.45, 2.75) is 84.2 Å². The average molecular weight is 555 g/mol. The van der Waals surface area contributed by atoms with Crippen LogP contribution < -0.4 is 21.5 Å². The lowest BCUT2D eigenvalue weighted by Crippen LogP contribution is -2.54. The first-order valence-electron chi connectivity index (χ1n) is 12.5. The fourth-order valence-corrected chi connectivity index (χ4v) is 3.54. The third-order valence-electron chi connectivity index (χ3n) is 5.51. The van der Waals surface area contributed by atoms with Crippen LogP contribution in [0.3, 0.4) is 0 Å². The van der Waals surface area contributed by atoms with Crippen molar-refractivity contribution >= 4 is 33.4 Å². The standard InChI is InChI=1S/C26H42N4O7S/c1-18(2)13-15-27-21(31)17-30-16-10-12-20(22(30)32)28-23(33)26(7,29-24(34)37-25(4,5)6)14-9-11-19(3)38(8,35)36/h9-10,12,14,16,18-19H,11,13,15,17H2,1-8H3,(H,27,31)(H,28,33)(H,29,34)/b14-9+. The minimum absolute atomic E-state index is 0.0948. The predicted molar refractivity (Wildman–Crippen MR) is 148 cm³/mol. The van der Waals surface area contributed by atoms with E-state index in [0.29, 0.717) is 12.5 Å². The van der Waals surface area contributed by atoms with Crippen molar-refractivity contribution in [2.24, 2.45) is 5.92 Å². The lowest BCUT2D eigenvalue weighted by Gasteiger charge is -2.28. The summed E-state index contributed by atoms with van der Waals surface area (Å²) in [5.41, 5.74) is -3.23. The van der Waals surface area contributed by atoms with Gasteiger partial charge in [-0.2, -0.15) is 0 Å². The normalized spacial score (nSPS) is 14.6. The van der Waals surface area contributed by atoms with Crippen LogP contribution in [0.25, 0.3) is 0 Å². The van der Waals surface area contributed by atoms with E-state index in [1.165, 1.54) is 48.9 Å². The van der Waals surface area contributed by atoms with E-state index < -0.39 is 43.8 Å². The molecule has 0 saturated carbocycles. The Morgan fingerprint density at radius 1 is 1.13 bits per heavy atom. The Bertz CT molecular complexity index is 1180. The number of hydrogen-bond donors (Lipinski definition) is 3. The van der Waals surface area contributed by atoms with Crippen molar-refractivity contribution in [1.29, 1.82) is 0 Å². The van der Waals surface area contributed by atoms with E-state index in [4.69, 9.17) is 4.74 Å². The van der Waals surface area contributed by atoms with Gasteiger partial charge in [0, 0.05) is 19.0 Å². The van der Waals surface area contributed by atoms with Crippen LogP contribution in [-0.2, 0) is 30.7 Å². The molecule has 2 unspecified atom stereocenters. The summed E-state index contributed by atoms with van der Waals surface area (Å²) < 4.78 is 30.0. The summed E-state index contributed by atoms with van der Waals surface area (Å²) in [7, 11) is -3.31. The van der Waals surface area contributed by atoms with E-state index in [1.807, 2.05) is 13.8 Å². The van der Waals surface area contributed by atoms with Crippen molar-refractivity contribution < 1.29 is 27.5 Å². The number of nitrogens with one attached hydrogen (secondary N) is 3. The third-order valence-corrected chi connectivity index (χ3v) is 7.16. The zero-order valence-electron chi connectivity index (χ0n) is 23.6. The molecule has 0 aromatic carbocycles. The van der Waals surface area contributed by atoms with Gasteiger partial charge in [0.1, 0.15) is 33.2 Å². The monoisotopic (exact) mass is 554 g/mol. The minimum Gasteiger partial charge on any atom is -0.444 e. The van der Waals surface area contributed by atoms with Crippen LogP contribution in [-0.4, -0.2) is 60.1 Å². The van der Waals surface area contributed by atoms with Gasteiger partial charge < -0.3 is 25.3 Å². The van der Waals surface area contributed by atoms with Gasteiger partial charge >= 0.3 is 6.09 Å². The van der Waals surface area contributed by atoms with Gasteiger partial charge in [-0.25, -0.2) is 13.2 Å². The molecule has 0 aliphatic rings. The van der Waals surface area contributed by atoms with Crippen LogP contribution >= 0.6 is 0 Å². The van der Waals surface area contributed by atoms with E-state index in [1.54, 1.807) is 20.8 Å². The Morgan fingerprint density at radius 2 is 1.76 bits per heavy atom. The summed E-state index contributed by atoms with van der Waals surface area (Å²) in [6.07, 6.45) is 5.41. The third kappa shape index (κ3) is 11.5.